The summed E-state index contributed by atoms with van der Waals surface area (Å²) in [5.74, 6) is -0.0523. The van der Waals surface area contributed by atoms with Crippen molar-refractivity contribution in [3.8, 4) is 5.75 Å². The molecule has 22 heavy (non-hydrogen) atoms. The normalized spacial score (nSPS) is 12.4. The lowest BCUT2D eigenvalue weighted by Gasteiger charge is -2.28. The number of rotatable bonds is 6. The summed E-state index contributed by atoms with van der Waals surface area (Å²) >= 11 is 0. The van der Waals surface area contributed by atoms with Gasteiger partial charge in [-0.2, -0.15) is 0 Å². The maximum Gasteiger partial charge on any atom is 0.322 e. The molecule has 5 nitrogen and oxygen atoms in total. The van der Waals surface area contributed by atoms with E-state index >= 15 is 0 Å². The predicted molar refractivity (Wildman–Crippen MR) is 84.7 cm³/mol. The maximum absolute atomic E-state index is 13.4. The second kappa shape index (κ2) is 7.98. The Labute approximate surface area is 131 Å². The van der Waals surface area contributed by atoms with Gasteiger partial charge in [-0.1, -0.05) is 0 Å². The lowest BCUT2D eigenvalue weighted by molar-refractivity contribution is 0.125. The first kappa shape index (κ1) is 18.2. The number of halogens is 1. The standard InChI is InChI=1S/C16H25FN2O3/c1-10(2)19(9-12(5)20)16(21)18-14-8-13(17)6-7-15(14)22-11(3)4/h6-8,10-12,20H,9H2,1-5H3,(H,18,21). The number of carbonyl (C=O) groups excluding carboxylic acids is 1. The van der Waals surface area contributed by atoms with Gasteiger partial charge in [-0.15, -0.1) is 0 Å². The van der Waals surface area contributed by atoms with E-state index in [9.17, 15) is 14.3 Å². The van der Waals surface area contributed by atoms with Gasteiger partial charge in [-0.25, -0.2) is 9.18 Å². The Bertz CT molecular complexity index is 504. The molecule has 0 aliphatic carbocycles. The van der Waals surface area contributed by atoms with E-state index in [0.29, 0.717) is 5.75 Å². The number of aliphatic hydroxyl groups excluding tert-OH is 1. The fourth-order valence-corrected chi connectivity index (χ4v) is 1.96. The van der Waals surface area contributed by atoms with Crippen LogP contribution in [0.3, 0.4) is 0 Å². The van der Waals surface area contributed by atoms with Crippen molar-refractivity contribution in [2.75, 3.05) is 11.9 Å². The largest absolute Gasteiger partial charge is 0.489 e. The zero-order valence-corrected chi connectivity index (χ0v) is 13.8. The van der Waals surface area contributed by atoms with Crippen LogP contribution in [0, 0.1) is 5.82 Å². The smallest absolute Gasteiger partial charge is 0.322 e. The second-order valence-electron chi connectivity index (χ2n) is 5.83. The van der Waals surface area contributed by atoms with E-state index in [1.54, 1.807) is 6.92 Å². The van der Waals surface area contributed by atoms with Crippen LogP contribution in [0.1, 0.15) is 34.6 Å². The minimum atomic E-state index is -0.646. The van der Waals surface area contributed by atoms with Crippen molar-refractivity contribution in [1.82, 2.24) is 4.90 Å². The summed E-state index contributed by atoms with van der Waals surface area (Å²) in [5.41, 5.74) is 0.273. The topological polar surface area (TPSA) is 61.8 Å². The Morgan fingerprint density at radius 1 is 1.32 bits per heavy atom. The van der Waals surface area contributed by atoms with Crippen molar-refractivity contribution in [3.05, 3.63) is 24.0 Å². The molecule has 1 unspecified atom stereocenters. The molecule has 0 saturated heterocycles. The predicted octanol–water partition coefficient (Wildman–Crippen LogP) is 3.24. The van der Waals surface area contributed by atoms with Crippen LogP contribution in [0.15, 0.2) is 18.2 Å². The number of aliphatic hydroxyl groups is 1. The Kier molecular flexibility index (Phi) is 6.61. The molecule has 1 rings (SSSR count). The van der Waals surface area contributed by atoms with Crippen molar-refractivity contribution in [3.63, 3.8) is 0 Å². The molecule has 1 atom stereocenters. The van der Waals surface area contributed by atoms with Crippen molar-refractivity contribution in [2.24, 2.45) is 0 Å². The number of nitrogens with zero attached hydrogens (tertiary/aromatic N) is 1. The van der Waals surface area contributed by atoms with Crippen LogP contribution >= 0.6 is 0 Å². The first-order valence-electron chi connectivity index (χ1n) is 7.42. The number of ether oxygens (including phenoxy) is 1. The van der Waals surface area contributed by atoms with Crippen LogP contribution < -0.4 is 10.1 Å². The summed E-state index contributed by atoms with van der Waals surface area (Å²) in [6.45, 7) is 9.20. The maximum atomic E-state index is 13.4. The molecule has 2 amide bonds. The minimum Gasteiger partial charge on any atom is -0.489 e. The lowest BCUT2D eigenvalue weighted by atomic mass is 10.2. The molecule has 0 aromatic heterocycles. The average Bonchev–Trinajstić information content (AvgIpc) is 2.38. The van der Waals surface area contributed by atoms with E-state index in [0.717, 1.165) is 0 Å². The van der Waals surface area contributed by atoms with Crippen LogP contribution in [0.5, 0.6) is 5.75 Å². The Morgan fingerprint density at radius 3 is 2.45 bits per heavy atom. The molecule has 0 bridgehead atoms. The molecular weight excluding hydrogens is 287 g/mol. The highest BCUT2D eigenvalue weighted by molar-refractivity contribution is 5.91. The van der Waals surface area contributed by atoms with Gasteiger partial charge in [0.1, 0.15) is 11.6 Å². The van der Waals surface area contributed by atoms with E-state index in [4.69, 9.17) is 4.74 Å². The highest BCUT2D eigenvalue weighted by Crippen LogP contribution is 2.27. The first-order valence-corrected chi connectivity index (χ1v) is 7.42. The molecule has 0 heterocycles. The molecule has 0 aliphatic rings. The summed E-state index contributed by atoms with van der Waals surface area (Å²) in [6.07, 6.45) is -0.744. The van der Waals surface area contributed by atoms with Crippen molar-refractivity contribution in [1.29, 1.82) is 0 Å². The molecule has 6 heteroatoms. The van der Waals surface area contributed by atoms with Gasteiger partial charge in [0, 0.05) is 18.7 Å². The van der Waals surface area contributed by atoms with Gasteiger partial charge in [0.05, 0.1) is 17.9 Å². The van der Waals surface area contributed by atoms with E-state index in [2.05, 4.69) is 5.32 Å². The molecule has 0 saturated carbocycles. The van der Waals surface area contributed by atoms with E-state index in [1.165, 1.54) is 23.1 Å². The lowest BCUT2D eigenvalue weighted by Crippen LogP contribution is -2.43. The first-order chi connectivity index (χ1) is 10.2. The third-order valence-corrected chi connectivity index (χ3v) is 2.89. The zero-order valence-electron chi connectivity index (χ0n) is 13.8. The Hall–Kier alpha value is -1.82. The fourth-order valence-electron chi connectivity index (χ4n) is 1.96. The summed E-state index contributed by atoms with van der Waals surface area (Å²) < 4.78 is 19.0. The summed E-state index contributed by atoms with van der Waals surface area (Å²) in [7, 11) is 0. The number of urea groups is 1. The summed E-state index contributed by atoms with van der Waals surface area (Å²) in [4.78, 5) is 13.8. The molecule has 0 spiro atoms. The van der Waals surface area contributed by atoms with E-state index in [1.807, 2.05) is 27.7 Å². The molecule has 0 fully saturated rings. The van der Waals surface area contributed by atoms with Gasteiger partial charge in [0.2, 0.25) is 0 Å². The highest BCUT2D eigenvalue weighted by atomic mass is 19.1. The summed E-state index contributed by atoms with van der Waals surface area (Å²) in [5, 5.41) is 12.2. The van der Waals surface area contributed by atoms with Crippen LogP contribution in [0.2, 0.25) is 0 Å². The van der Waals surface area contributed by atoms with Gasteiger partial charge < -0.3 is 20.1 Å². The molecule has 0 aliphatic heterocycles. The van der Waals surface area contributed by atoms with Crippen molar-refractivity contribution < 1.29 is 19.0 Å². The zero-order chi connectivity index (χ0) is 16.9. The number of amides is 2. The minimum absolute atomic E-state index is 0.0974. The molecule has 124 valence electrons. The van der Waals surface area contributed by atoms with Crippen LogP contribution in [0.4, 0.5) is 14.9 Å². The van der Waals surface area contributed by atoms with Gasteiger partial charge in [0.25, 0.3) is 0 Å². The number of anilines is 1. The Balaban J connectivity index is 2.96. The SMILES string of the molecule is CC(O)CN(C(=O)Nc1cc(F)ccc1OC(C)C)C(C)C. The number of hydrogen-bond acceptors (Lipinski definition) is 3. The summed E-state index contributed by atoms with van der Waals surface area (Å²) in [6, 6.07) is 3.48. The highest BCUT2D eigenvalue weighted by Gasteiger charge is 2.20. The van der Waals surface area contributed by atoms with Gasteiger partial charge in [-0.3, -0.25) is 0 Å². The monoisotopic (exact) mass is 312 g/mol. The van der Waals surface area contributed by atoms with Crippen LogP contribution in [-0.2, 0) is 0 Å². The average molecular weight is 312 g/mol. The van der Waals surface area contributed by atoms with Gasteiger partial charge in [-0.05, 0) is 46.8 Å². The Morgan fingerprint density at radius 2 is 1.95 bits per heavy atom. The van der Waals surface area contributed by atoms with Gasteiger partial charge in [0.15, 0.2) is 0 Å². The van der Waals surface area contributed by atoms with Crippen LogP contribution in [0.25, 0.3) is 0 Å². The van der Waals surface area contributed by atoms with Crippen molar-refractivity contribution >= 4 is 11.7 Å². The number of nitrogens with one attached hydrogen (secondary N) is 1. The number of benzene rings is 1. The third kappa shape index (κ3) is 5.52. The molecular formula is C16H25FN2O3. The molecule has 1 aromatic rings. The fraction of sp³-hybridized carbons (Fsp3) is 0.562. The molecule has 1 aromatic carbocycles. The third-order valence-electron chi connectivity index (χ3n) is 2.89. The van der Waals surface area contributed by atoms with E-state index < -0.39 is 18.0 Å². The molecule has 2 N–H and O–H groups in total. The van der Waals surface area contributed by atoms with Crippen LogP contribution in [-0.4, -0.2) is 40.8 Å². The molecule has 0 radical (unpaired) electrons. The van der Waals surface area contributed by atoms with Gasteiger partial charge >= 0.3 is 6.03 Å². The number of carbonyl (C=O) groups is 1. The van der Waals surface area contributed by atoms with Crippen molar-refractivity contribution in [2.45, 2.75) is 52.9 Å². The van der Waals surface area contributed by atoms with E-state index in [-0.39, 0.29) is 24.4 Å². The second-order valence-corrected chi connectivity index (χ2v) is 5.83. The number of hydrogen-bond donors (Lipinski definition) is 2. The quantitative estimate of drug-likeness (QED) is 0.847.